The normalized spacial score (nSPS) is 22.6. The van der Waals surface area contributed by atoms with Crippen LogP contribution < -0.4 is 5.32 Å². The standard InChI is InChI=1S/C17H24Br2N2O/c18-13-10-14(17(22)15(19)11-13)16(12-4-2-1-3-5-12)21-8-6-20-7-9-21/h10-12,16,20,22H,1-9H2/t16-/m0/s1. The van der Waals surface area contributed by atoms with Crippen LogP contribution >= 0.6 is 31.9 Å². The highest BCUT2D eigenvalue weighted by Gasteiger charge is 2.33. The summed E-state index contributed by atoms with van der Waals surface area (Å²) < 4.78 is 1.82. The Morgan fingerprint density at radius 2 is 1.77 bits per heavy atom. The fourth-order valence-corrected chi connectivity index (χ4v) is 5.23. The number of halogens is 2. The Morgan fingerprint density at radius 1 is 1.09 bits per heavy atom. The van der Waals surface area contributed by atoms with Gasteiger partial charge < -0.3 is 10.4 Å². The van der Waals surface area contributed by atoms with Crippen molar-refractivity contribution in [2.75, 3.05) is 26.2 Å². The van der Waals surface area contributed by atoms with Gasteiger partial charge in [0.05, 0.1) is 4.47 Å². The molecule has 2 aliphatic rings. The van der Waals surface area contributed by atoms with Crippen LogP contribution in [0.25, 0.3) is 0 Å². The predicted octanol–water partition coefficient (Wildman–Crippen LogP) is 4.44. The predicted molar refractivity (Wildman–Crippen MR) is 97.3 cm³/mol. The van der Waals surface area contributed by atoms with E-state index in [9.17, 15) is 5.11 Å². The van der Waals surface area contributed by atoms with Crippen LogP contribution in [0, 0.1) is 5.92 Å². The minimum absolute atomic E-state index is 0.330. The van der Waals surface area contributed by atoms with Crippen LogP contribution in [0.3, 0.4) is 0 Å². The zero-order valence-electron chi connectivity index (χ0n) is 12.8. The molecule has 0 unspecified atom stereocenters. The molecule has 0 amide bonds. The molecule has 5 heteroatoms. The average molecular weight is 432 g/mol. The second-order valence-electron chi connectivity index (χ2n) is 6.45. The monoisotopic (exact) mass is 430 g/mol. The van der Waals surface area contributed by atoms with Gasteiger partial charge in [-0.05, 0) is 46.8 Å². The van der Waals surface area contributed by atoms with Crippen LogP contribution in [0.5, 0.6) is 5.75 Å². The lowest BCUT2D eigenvalue weighted by molar-refractivity contribution is 0.101. The van der Waals surface area contributed by atoms with Gasteiger partial charge in [0.15, 0.2) is 0 Å². The Bertz CT molecular complexity index is 494. The first-order valence-electron chi connectivity index (χ1n) is 8.29. The highest BCUT2D eigenvalue weighted by Crippen LogP contribution is 2.44. The van der Waals surface area contributed by atoms with Crippen molar-refractivity contribution in [2.24, 2.45) is 5.92 Å². The number of aromatic hydroxyl groups is 1. The van der Waals surface area contributed by atoms with E-state index in [1.54, 1.807) is 0 Å². The van der Waals surface area contributed by atoms with Crippen LogP contribution in [0.1, 0.15) is 43.7 Å². The van der Waals surface area contributed by atoms with Gasteiger partial charge in [0, 0.05) is 42.3 Å². The lowest BCUT2D eigenvalue weighted by Gasteiger charge is -2.41. The van der Waals surface area contributed by atoms with E-state index in [0.717, 1.165) is 40.7 Å². The van der Waals surface area contributed by atoms with Gasteiger partial charge >= 0.3 is 0 Å². The summed E-state index contributed by atoms with van der Waals surface area (Å²) >= 11 is 7.09. The van der Waals surface area contributed by atoms with Gasteiger partial charge in [-0.25, -0.2) is 0 Å². The molecule has 1 heterocycles. The van der Waals surface area contributed by atoms with Crippen molar-refractivity contribution in [3.05, 3.63) is 26.6 Å². The minimum atomic E-state index is 0.330. The molecule has 0 aromatic heterocycles. The van der Waals surface area contributed by atoms with E-state index >= 15 is 0 Å². The molecule has 2 N–H and O–H groups in total. The minimum Gasteiger partial charge on any atom is -0.506 e. The number of benzene rings is 1. The number of nitrogens with zero attached hydrogens (tertiary/aromatic N) is 1. The Balaban J connectivity index is 1.96. The number of rotatable bonds is 3. The van der Waals surface area contributed by atoms with Crippen LogP contribution in [-0.2, 0) is 0 Å². The zero-order valence-corrected chi connectivity index (χ0v) is 16.0. The van der Waals surface area contributed by atoms with E-state index in [1.165, 1.54) is 32.1 Å². The van der Waals surface area contributed by atoms with E-state index < -0.39 is 0 Å². The van der Waals surface area contributed by atoms with Gasteiger partial charge in [-0.15, -0.1) is 0 Å². The third-order valence-corrected chi connectivity index (χ3v) is 6.08. The third kappa shape index (κ3) is 3.69. The van der Waals surface area contributed by atoms with Crippen LogP contribution in [-0.4, -0.2) is 36.2 Å². The van der Waals surface area contributed by atoms with Crippen molar-refractivity contribution in [3.63, 3.8) is 0 Å². The Kier molecular flexibility index (Phi) is 5.82. The Labute approximate surface area is 149 Å². The fourth-order valence-electron chi connectivity index (χ4n) is 3.97. The topological polar surface area (TPSA) is 35.5 Å². The maximum Gasteiger partial charge on any atom is 0.134 e. The first kappa shape index (κ1) is 16.7. The van der Waals surface area contributed by atoms with Gasteiger partial charge in [-0.3, -0.25) is 4.90 Å². The smallest absolute Gasteiger partial charge is 0.134 e. The van der Waals surface area contributed by atoms with Gasteiger partial charge in [0.2, 0.25) is 0 Å². The van der Waals surface area contributed by atoms with E-state index in [4.69, 9.17) is 0 Å². The summed E-state index contributed by atoms with van der Waals surface area (Å²) in [6.07, 6.45) is 6.56. The number of phenols is 1. The second-order valence-corrected chi connectivity index (χ2v) is 8.22. The molecule has 1 aliphatic carbocycles. The van der Waals surface area contributed by atoms with Gasteiger partial charge in [-0.1, -0.05) is 35.2 Å². The summed E-state index contributed by atoms with van der Waals surface area (Å²) in [7, 11) is 0. The molecule has 1 aromatic carbocycles. The number of nitrogens with one attached hydrogen (secondary N) is 1. The molecule has 122 valence electrons. The lowest BCUT2D eigenvalue weighted by atomic mass is 9.80. The molecule has 1 aromatic rings. The molecule has 0 bridgehead atoms. The van der Waals surface area contributed by atoms with Gasteiger partial charge in [0.1, 0.15) is 5.75 Å². The number of hydrogen-bond acceptors (Lipinski definition) is 3. The number of piperazine rings is 1. The number of hydrogen-bond donors (Lipinski definition) is 2. The van der Waals surface area contributed by atoms with Crippen molar-refractivity contribution >= 4 is 31.9 Å². The molecule has 3 nitrogen and oxygen atoms in total. The molecular formula is C17H24Br2N2O. The van der Waals surface area contributed by atoms with Crippen molar-refractivity contribution in [1.29, 1.82) is 0 Å². The summed E-state index contributed by atoms with van der Waals surface area (Å²) in [4.78, 5) is 2.57. The van der Waals surface area contributed by atoms with Gasteiger partial charge in [-0.2, -0.15) is 0 Å². The average Bonchev–Trinajstić information content (AvgIpc) is 2.54. The first-order valence-corrected chi connectivity index (χ1v) is 9.88. The lowest BCUT2D eigenvalue weighted by Crippen LogP contribution is -2.47. The molecule has 2 fully saturated rings. The van der Waals surface area contributed by atoms with Gasteiger partial charge in [0.25, 0.3) is 0 Å². The summed E-state index contributed by atoms with van der Waals surface area (Å²) in [6, 6.07) is 4.37. The summed E-state index contributed by atoms with van der Waals surface area (Å²) in [5.41, 5.74) is 1.08. The van der Waals surface area contributed by atoms with Crippen molar-refractivity contribution in [2.45, 2.75) is 38.1 Å². The van der Waals surface area contributed by atoms with Crippen molar-refractivity contribution in [3.8, 4) is 5.75 Å². The van der Waals surface area contributed by atoms with Crippen molar-refractivity contribution < 1.29 is 5.11 Å². The molecule has 1 atom stereocenters. The van der Waals surface area contributed by atoms with Crippen LogP contribution in [0.4, 0.5) is 0 Å². The molecule has 1 saturated heterocycles. The zero-order chi connectivity index (χ0) is 15.5. The highest BCUT2D eigenvalue weighted by molar-refractivity contribution is 9.11. The highest BCUT2D eigenvalue weighted by atomic mass is 79.9. The SMILES string of the molecule is Oc1c(Br)cc(Br)cc1[C@H](C1CCCCC1)N1CCNCC1. The second kappa shape index (κ2) is 7.65. The first-order chi connectivity index (χ1) is 10.7. The molecule has 1 saturated carbocycles. The van der Waals surface area contributed by atoms with E-state index in [1.807, 2.05) is 6.07 Å². The van der Waals surface area contributed by atoms with Crippen molar-refractivity contribution in [1.82, 2.24) is 10.2 Å². The fraction of sp³-hybridized carbons (Fsp3) is 0.647. The summed E-state index contributed by atoms with van der Waals surface area (Å²) in [5, 5.41) is 14.1. The molecule has 22 heavy (non-hydrogen) atoms. The maximum absolute atomic E-state index is 10.6. The Morgan fingerprint density at radius 3 is 2.45 bits per heavy atom. The summed E-state index contributed by atoms with van der Waals surface area (Å²) in [5.74, 6) is 1.07. The largest absolute Gasteiger partial charge is 0.506 e. The summed E-state index contributed by atoms with van der Waals surface area (Å²) in [6.45, 7) is 4.20. The molecular weight excluding hydrogens is 408 g/mol. The van der Waals surface area contributed by atoms with Crippen LogP contribution in [0.15, 0.2) is 21.1 Å². The Hall–Kier alpha value is -0.100. The van der Waals surface area contributed by atoms with E-state index in [0.29, 0.717) is 17.7 Å². The molecule has 1 aliphatic heterocycles. The van der Waals surface area contributed by atoms with E-state index in [-0.39, 0.29) is 0 Å². The third-order valence-electron chi connectivity index (χ3n) is 5.02. The van der Waals surface area contributed by atoms with E-state index in [2.05, 4.69) is 48.1 Å². The molecule has 3 rings (SSSR count). The van der Waals surface area contributed by atoms with Crippen LogP contribution in [0.2, 0.25) is 0 Å². The number of phenolic OH excluding ortho intramolecular Hbond substituents is 1. The molecule has 0 radical (unpaired) electrons. The quantitative estimate of drug-likeness (QED) is 0.742. The molecule has 0 spiro atoms. The maximum atomic E-state index is 10.6.